The van der Waals surface area contributed by atoms with E-state index >= 15 is 0 Å². The Morgan fingerprint density at radius 2 is 1.74 bits per heavy atom. The summed E-state index contributed by atoms with van der Waals surface area (Å²) in [5, 5.41) is 0. The monoisotopic (exact) mass is 268 g/mol. The van der Waals surface area contributed by atoms with Gasteiger partial charge in [-0.05, 0) is 90.6 Å². The number of ether oxygens (including phenoxy) is 1. The lowest BCUT2D eigenvalue weighted by Crippen LogP contribution is -2.43. The van der Waals surface area contributed by atoms with Crippen molar-refractivity contribution in [2.75, 3.05) is 47.4 Å². The van der Waals surface area contributed by atoms with Crippen molar-refractivity contribution in [3.8, 4) is 0 Å². The molecule has 0 unspecified atom stereocenters. The lowest BCUT2D eigenvalue weighted by Gasteiger charge is -2.45. The van der Waals surface area contributed by atoms with Crippen LogP contribution in [0.2, 0.25) is 0 Å². The number of hydrogen-bond donors (Lipinski definition) is 0. The first-order chi connectivity index (χ1) is 9.13. The topological polar surface area (TPSA) is 15.7 Å². The average Bonchev–Trinajstić information content (AvgIpc) is 2.42. The van der Waals surface area contributed by atoms with Crippen LogP contribution in [0.25, 0.3) is 0 Å². The Kier molecular flexibility index (Phi) is 5.67. The quantitative estimate of drug-likeness (QED) is 0.762. The molecule has 1 aliphatic carbocycles. The Morgan fingerprint density at radius 1 is 1.11 bits per heavy atom. The van der Waals surface area contributed by atoms with Crippen LogP contribution in [0.15, 0.2) is 0 Å². The van der Waals surface area contributed by atoms with Gasteiger partial charge in [0.25, 0.3) is 0 Å². The minimum absolute atomic E-state index is 0.545. The van der Waals surface area contributed by atoms with Gasteiger partial charge in [-0.15, -0.1) is 0 Å². The smallest absolute Gasteiger partial charge is 0.0571 e. The Morgan fingerprint density at radius 3 is 2.26 bits per heavy atom. The minimum atomic E-state index is 0.545. The maximum absolute atomic E-state index is 5.51. The second kappa shape index (κ2) is 7.05. The third-order valence-corrected chi connectivity index (χ3v) is 5.32. The van der Waals surface area contributed by atoms with Crippen molar-refractivity contribution < 1.29 is 4.74 Å². The SMILES string of the molecule is COC1CCC2(CC1)CCN(CCCN(C)C)CC2. The standard InChI is InChI=1S/C16H32N2O/c1-17(2)11-4-12-18-13-9-16(10-14-18)7-5-15(19-3)6-8-16/h15H,4-14H2,1-3H3. The van der Waals surface area contributed by atoms with E-state index in [0.717, 1.165) is 0 Å². The fourth-order valence-corrected chi connectivity index (χ4v) is 3.80. The third-order valence-electron chi connectivity index (χ3n) is 5.32. The summed E-state index contributed by atoms with van der Waals surface area (Å²) in [6, 6.07) is 0. The fraction of sp³-hybridized carbons (Fsp3) is 1.00. The third kappa shape index (κ3) is 4.44. The van der Waals surface area contributed by atoms with Gasteiger partial charge in [0.1, 0.15) is 0 Å². The molecule has 0 aromatic rings. The highest BCUT2D eigenvalue weighted by Crippen LogP contribution is 2.45. The molecule has 0 bridgehead atoms. The highest BCUT2D eigenvalue weighted by molar-refractivity contribution is 4.90. The van der Waals surface area contributed by atoms with Gasteiger partial charge in [0.2, 0.25) is 0 Å². The molecule has 0 N–H and O–H groups in total. The van der Waals surface area contributed by atoms with Crippen LogP contribution in [0, 0.1) is 5.41 Å². The van der Waals surface area contributed by atoms with Crippen LogP contribution >= 0.6 is 0 Å². The van der Waals surface area contributed by atoms with Crippen LogP contribution in [-0.4, -0.2) is 63.3 Å². The average molecular weight is 268 g/mol. The summed E-state index contributed by atoms with van der Waals surface area (Å²) in [4.78, 5) is 4.97. The molecule has 112 valence electrons. The molecule has 0 aromatic heterocycles. The molecule has 0 atom stereocenters. The summed E-state index contributed by atoms with van der Waals surface area (Å²) in [5.41, 5.74) is 0.674. The van der Waals surface area contributed by atoms with E-state index in [1.54, 1.807) is 0 Å². The fourth-order valence-electron chi connectivity index (χ4n) is 3.80. The lowest BCUT2D eigenvalue weighted by molar-refractivity contribution is -0.00314. The summed E-state index contributed by atoms with van der Waals surface area (Å²) in [6.07, 6.45) is 10.1. The molecule has 3 nitrogen and oxygen atoms in total. The van der Waals surface area contributed by atoms with Gasteiger partial charge in [-0.1, -0.05) is 0 Å². The predicted molar refractivity (Wildman–Crippen MR) is 80.5 cm³/mol. The first-order valence-corrected chi connectivity index (χ1v) is 8.03. The summed E-state index contributed by atoms with van der Waals surface area (Å²) in [5.74, 6) is 0. The molecular formula is C16H32N2O. The normalized spacial score (nSPS) is 25.3. The Balaban J connectivity index is 1.67. The van der Waals surface area contributed by atoms with Crippen LogP contribution in [0.1, 0.15) is 44.9 Å². The predicted octanol–water partition coefficient (Wildman–Crippen LogP) is 2.61. The highest BCUT2D eigenvalue weighted by atomic mass is 16.5. The van der Waals surface area contributed by atoms with Gasteiger partial charge in [0.15, 0.2) is 0 Å². The number of hydrogen-bond acceptors (Lipinski definition) is 3. The summed E-state index contributed by atoms with van der Waals surface area (Å²) in [6.45, 7) is 5.16. The first-order valence-electron chi connectivity index (χ1n) is 8.03. The number of methoxy groups -OCH3 is 1. The summed E-state index contributed by atoms with van der Waals surface area (Å²) >= 11 is 0. The zero-order chi connectivity index (χ0) is 13.7. The Bertz CT molecular complexity index is 249. The van der Waals surface area contributed by atoms with E-state index in [2.05, 4.69) is 23.9 Å². The van der Waals surface area contributed by atoms with Crippen molar-refractivity contribution >= 4 is 0 Å². The highest BCUT2D eigenvalue weighted by Gasteiger charge is 2.37. The summed E-state index contributed by atoms with van der Waals surface area (Å²) < 4.78 is 5.51. The second-order valence-corrected chi connectivity index (χ2v) is 6.93. The molecule has 2 rings (SSSR count). The zero-order valence-electron chi connectivity index (χ0n) is 13.2. The first kappa shape index (κ1) is 15.3. The lowest BCUT2D eigenvalue weighted by atomic mass is 9.67. The van der Waals surface area contributed by atoms with Crippen molar-refractivity contribution in [3.05, 3.63) is 0 Å². The molecule has 1 aliphatic heterocycles. The van der Waals surface area contributed by atoms with Crippen LogP contribution in [0.3, 0.4) is 0 Å². The molecule has 2 fully saturated rings. The second-order valence-electron chi connectivity index (χ2n) is 6.93. The van der Waals surface area contributed by atoms with E-state index < -0.39 is 0 Å². The molecule has 2 aliphatic rings. The number of piperidine rings is 1. The van der Waals surface area contributed by atoms with Crippen LogP contribution in [-0.2, 0) is 4.74 Å². The molecule has 1 saturated heterocycles. The van der Waals surface area contributed by atoms with Gasteiger partial charge in [-0.2, -0.15) is 0 Å². The van der Waals surface area contributed by atoms with E-state index in [0.29, 0.717) is 11.5 Å². The molecule has 0 amide bonds. The summed E-state index contributed by atoms with van der Waals surface area (Å²) in [7, 11) is 6.20. The Hall–Kier alpha value is -0.120. The minimum Gasteiger partial charge on any atom is -0.381 e. The van der Waals surface area contributed by atoms with Crippen molar-refractivity contribution in [3.63, 3.8) is 0 Å². The van der Waals surface area contributed by atoms with Crippen molar-refractivity contribution in [1.82, 2.24) is 9.80 Å². The van der Waals surface area contributed by atoms with Crippen LogP contribution in [0.4, 0.5) is 0 Å². The maximum atomic E-state index is 5.51. The largest absolute Gasteiger partial charge is 0.381 e. The molecule has 3 heteroatoms. The van der Waals surface area contributed by atoms with Crippen LogP contribution in [0.5, 0.6) is 0 Å². The van der Waals surface area contributed by atoms with Crippen molar-refractivity contribution in [1.29, 1.82) is 0 Å². The zero-order valence-corrected chi connectivity index (χ0v) is 13.2. The molecule has 19 heavy (non-hydrogen) atoms. The van der Waals surface area contributed by atoms with E-state index in [4.69, 9.17) is 4.74 Å². The van der Waals surface area contributed by atoms with Crippen molar-refractivity contribution in [2.45, 2.75) is 51.0 Å². The van der Waals surface area contributed by atoms with Gasteiger partial charge in [0, 0.05) is 7.11 Å². The van der Waals surface area contributed by atoms with E-state index in [9.17, 15) is 0 Å². The number of nitrogens with zero attached hydrogens (tertiary/aromatic N) is 2. The Labute approximate surface area is 119 Å². The van der Waals surface area contributed by atoms with E-state index in [-0.39, 0.29) is 0 Å². The van der Waals surface area contributed by atoms with E-state index in [1.807, 2.05) is 7.11 Å². The molecular weight excluding hydrogens is 236 g/mol. The van der Waals surface area contributed by atoms with Crippen LogP contribution < -0.4 is 0 Å². The molecule has 1 heterocycles. The van der Waals surface area contributed by atoms with Gasteiger partial charge in [-0.25, -0.2) is 0 Å². The number of likely N-dealkylation sites (tertiary alicyclic amines) is 1. The van der Waals surface area contributed by atoms with Gasteiger partial charge >= 0.3 is 0 Å². The van der Waals surface area contributed by atoms with Crippen molar-refractivity contribution in [2.24, 2.45) is 5.41 Å². The molecule has 1 saturated carbocycles. The van der Waals surface area contributed by atoms with Gasteiger partial charge < -0.3 is 14.5 Å². The number of rotatable bonds is 5. The molecule has 0 aromatic carbocycles. The van der Waals surface area contributed by atoms with E-state index in [1.165, 1.54) is 71.1 Å². The molecule has 0 radical (unpaired) electrons. The maximum Gasteiger partial charge on any atom is 0.0571 e. The molecule has 1 spiro atoms. The van der Waals surface area contributed by atoms with Gasteiger partial charge in [0.05, 0.1) is 6.10 Å². The van der Waals surface area contributed by atoms with Gasteiger partial charge in [-0.3, -0.25) is 0 Å².